The Hall–Kier alpha value is -3.04. The fourth-order valence-electron chi connectivity index (χ4n) is 4.87. The number of aliphatic hydroxyl groups excluding tert-OH is 8. The molecule has 0 radical (unpaired) electrons. The number of amides is 1. The van der Waals surface area contributed by atoms with Gasteiger partial charge in [0.2, 0.25) is 18.5 Å². The highest BCUT2D eigenvalue weighted by molar-refractivity contribution is 5.91. The molecule has 2 fully saturated rings. The normalized spacial score (nSPS) is 28.8. The van der Waals surface area contributed by atoms with Crippen molar-refractivity contribution in [1.82, 2.24) is 0 Å². The van der Waals surface area contributed by atoms with Crippen molar-refractivity contribution in [3.63, 3.8) is 0 Å². The Morgan fingerprint density at radius 3 is 1.84 bits per heavy atom. The molecule has 0 aliphatic carbocycles. The number of anilines is 1. The molecule has 16 nitrogen and oxygen atoms in total. The number of rotatable bonds is 15. The minimum atomic E-state index is -1.62. The van der Waals surface area contributed by atoms with Crippen molar-refractivity contribution in [2.45, 2.75) is 95.8 Å². The van der Waals surface area contributed by atoms with Crippen molar-refractivity contribution >= 4 is 11.6 Å². The molecular formula is C34H52FNO15. The van der Waals surface area contributed by atoms with Gasteiger partial charge in [0.05, 0.1) is 26.4 Å². The molecule has 290 valence electrons. The van der Waals surface area contributed by atoms with Crippen LogP contribution in [0.1, 0.15) is 31.9 Å². The summed E-state index contributed by atoms with van der Waals surface area (Å²) >= 11 is 0. The highest BCUT2D eigenvalue weighted by atomic mass is 19.1. The Morgan fingerprint density at radius 2 is 1.31 bits per heavy atom. The van der Waals surface area contributed by atoms with E-state index in [1.165, 1.54) is 18.2 Å². The van der Waals surface area contributed by atoms with Gasteiger partial charge in [-0.25, -0.2) is 4.39 Å². The van der Waals surface area contributed by atoms with Gasteiger partial charge in [-0.05, 0) is 43.2 Å². The number of nitrogens with one attached hydrogen (secondary N) is 1. The first-order chi connectivity index (χ1) is 23.9. The van der Waals surface area contributed by atoms with Crippen molar-refractivity contribution in [3.05, 3.63) is 53.6 Å². The van der Waals surface area contributed by atoms with Crippen LogP contribution in [0.25, 0.3) is 0 Å². The summed E-state index contributed by atoms with van der Waals surface area (Å²) in [7, 11) is 0. The Bertz CT molecular complexity index is 1300. The van der Waals surface area contributed by atoms with E-state index in [0.717, 1.165) is 12.0 Å². The molecule has 2 aliphatic heterocycles. The number of carbonyl (C=O) groups is 1. The quantitative estimate of drug-likeness (QED) is 0.105. The standard InChI is InChI=1S/C20H30FNO9.C13H18O6.CH4/c1-2-5-28-6-7-29-11-16(24)22-13-3-4-14(12(8-13)9-21)30-20-19(27)18(26)17(25)15(10-23)31-20;1-7-4-2-3-5-8(7)18-13-12(17)11(16)10(15)9(6-14)19-13;/h3-4,8,15,17-20,23,25-27H,2,5-7,9-11H2,1H3,(H,22,24);2-5,9-17H,6H2,1H3;1H4/t15-,17+,18+,19-,20-;9-,10+,11+,12-,13-;/m11./s1/i21+0;;. The zero-order chi connectivity index (χ0) is 36.8. The van der Waals surface area contributed by atoms with Crippen LogP contribution in [0.5, 0.6) is 11.5 Å². The smallest absolute Gasteiger partial charge is 0.250 e. The molecule has 2 aliphatic rings. The molecule has 0 spiro atoms. The average molecular weight is 734 g/mol. The molecule has 0 aromatic heterocycles. The van der Waals surface area contributed by atoms with Crippen LogP contribution < -0.4 is 14.8 Å². The fourth-order valence-corrected chi connectivity index (χ4v) is 4.87. The van der Waals surface area contributed by atoms with Gasteiger partial charge in [0.15, 0.2) is 0 Å². The Labute approximate surface area is 295 Å². The zero-order valence-electron chi connectivity index (χ0n) is 27.8. The van der Waals surface area contributed by atoms with Gasteiger partial charge in [-0.1, -0.05) is 32.5 Å². The third kappa shape index (κ3) is 12.6. The molecule has 9 N–H and O–H groups in total. The summed E-state index contributed by atoms with van der Waals surface area (Å²) in [4.78, 5) is 12.0. The third-order valence-electron chi connectivity index (χ3n) is 7.72. The minimum Gasteiger partial charge on any atom is -0.462 e. The van der Waals surface area contributed by atoms with Crippen molar-refractivity contribution in [2.24, 2.45) is 0 Å². The number of aliphatic hydroxyl groups is 8. The number of halogens is 1. The molecule has 4 rings (SSSR count). The van der Waals surface area contributed by atoms with Gasteiger partial charge in [0.25, 0.3) is 0 Å². The lowest BCUT2D eigenvalue weighted by molar-refractivity contribution is -0.277. The maximum Gasteiger partial charge on any atom is 0.250 e. The van der Waals surface area contributed by atoms with Gasteiger partial charge < -0.3 is 74.6 Å². The molecule has 2 aromatic carbocycles. The molecular weight excluding hydrogens is 681 g/mol. The van der Waals surface area contributed by atoms with E-state index >= 15 is 0 Å². The Morgan fingerprint density at radius 1 is 0.765 bits per heavy atom. The summed E-state index contributed by atoms with van der Waals surface area (Å²) in [5.74, 6) is 0.0869. The van der Waals surface area contributed by atoms with Crippen LogP contribution in [0.4, 0.5) is 10.1 Å². The first-order valence-electron chi connectivity index (χ1n) is 16.1. The number of ether oxygens (including phenoxy) is 6. The number of para-hydroxylation sites is 1. The summed E-state index contributed by atoms with van der Waals surface area (Å²) in [5, 5.41) is 79.7. The average Bonchev–Trinajstić information content (AvgIpc) is 3.11. The van der Waals surface area contributed by atoms with Crippen LogP contribution in [0.15, 0.2) is 42.5 Å². The number of hydrogen-bond acceptors (Lipinski definition) is 15. The molecule has 2 aromatic rings. The van der Waals surface area contributed by atoms with Gasteiger partial charge in [0, 0.05) is 17.9 Å². The number of benzene rings is 2. The van der Waals surface area contributed by atoms with Gasteiger partial charge >= 0.3 is 0 Å². The van der Waals surface area contributed by atoms with E-state index in [-0.39, 0.29) is 32.0 Å². The number of alkyl halides is 1. The summed E-state index contributed by atoms with van der Waals surface area (Å²) in [6.07, 6.45) is -12.8. The number of aryl methyl sites for hydroxylation is 1. The number of hydrogen-bond donors (Lipinski definition) is 9. The van der Waals surface area contributed by atoms with E-state index in [9.17, 15) is 44.9 Å². The van der Waals surface area contributed by atoms with E-state index in [1.807, 2.05) is 26.0 Å². The van der Waals surface area contributed by atoms with Gasteiger partial charge in [-0.3, -0.25) is 4.79 Å². The lowest BCUT2D eigenvalue weighted by Crippen LogP contribution is -2.60. The van der Waals surface area contributed by atoms with Crippen LogP contribution in [0.3, 0.4) is 0 Å². The second-order valence-corrected chi connectivity index (χ2v) is 11.6. The summed E-state index contributed by atoms with van der Waals surface area (Å²) in [5.41, 5.74) is 1.22. The summed E-state index contributed by atoms with van der Waals surface area (Å²) in [6, 6.07) is 11.3. The fraction of sp³-hybridized carbons (Fsp3) is 0.618. The van der Waals surface area contributed by atoms with Crippen molar-refractivity contribution in [2.75, 3.05) is 45.0 Å². The van der Waals surface area contributed by atoms with Crippen molar-refractivity contribution < 1.29 is 78.5 Å². The lowest BCUT2D eigenvalue weighted by Gasteiger charge is -2.39. The third-order valence-corrected chi connectivity index (χ3v) is 7.72. The second-order valence-electron chi connectivity index (χ2n) is 11.6. The van der Waals surface area contributed by atoms with E-state index in [2.05, 4.69) is 5.32 Å². The van der Waals surface area contributed by atoms with E-state index in [0.29, 0.717) is 24.7 Å². The molecule has 0 unspecified atom stereocenters. The van der Waals surface area contributed by atoms with Crippen molar-refractivity contribution in [1.29, 1.82) is 0 Å². The largest absolute Gasteiger partial charge is 0.462 e. The molecule has 0 saturated carbocycles. The molecule has 51 heavy (non-hydrogen) atoms. The van der Waals surface area contributed by atoms with E-state index < -0.39 is 87.2 Å². The monoisotopic (exact) mass is 733 g/mol. The highest BCUT2D eigenvalue weighted by Gasteiger charge is 2.46. The van der Waals surface area contributed by atoms with Crippen LogP contribution in [-0.2, 0) is 30.4 Å². The molecule has 2 heterocycles. The Kier molecular flexibility index (Phi) is 19.1. The first kappa shape index (κ1) is 44.1. The number of carbonyl (C=O) groups excluding carboxylic acids is 1. The molecule has 1 amide bonds. The Balaban J connectivity index is 0.000000386. The van der Waals surface area contributed by atoms with Crippen LogP contribution in [0.2, 0.25) is 0 Å². The predicted octanol–water partition coefficient (Wildman–Crippen LogP) is -0.474. The highest BCUT2D eigenvalue weighted by Crippen LogP contribution is 2.29. The van der Waals surface area contributed by atoms with Crippen molar-refractivity contribution in [3.8, 4) is 11.5 Å². The van der Waals surface area contributed by atoms with Crippen LogP contribution >= 0.6 is 0 Å². The minimum absolute atomic E-state index is 0. The van der Waals surface area contributed by atoms with Gasteiger partial charge in [0.1, 0.15) is 73.6 Å². The maximum atomic E-state index is 13.5. The van der Waals surface area contributed by atoms with Crippen LogP contribution in [-0.4, -0.2) is 148 Å². The molecule has 17 heteroatoms. The molecule has 2 saturated heterocycles. The summed E-state index contributed by atoms with van der Waals surface area (Å²) < 4.78 is 45.4. The van der Waals surface area contributed by atoms with E-state index in [4.69, 9.17) is 33.5 Å². The van der Waals surface area contributed by atoms with E-state index in [1.54, 1.807) is 12.1 Å². The van der Waals surface area contributed by atoms with Gasteiger partial charge in [-0.2, -0.15) is 0 Å². The zero-order valence-corrected chi connectivity index (χ0v) is 27.8. The first-order valence-corrected chi connectivity index (χ1v) is 16.1. The van der Waals surface area contributed by atoms with Crippen LogP contribution in [0, 0.1) is 6.92 Å². The molecule has 10 atom stereocenters. The predicted molar refractivity (Wildman–Crippen MR) is 179 cm³/mol. The maximum absolute atomic E-state index is 13.5. The SMILES string of the molecule is C.CCCOCCOCC(=O)Nc1ccc(O[C@@H]2O[C@H](CO)[C@H](O)[C@H](O)[C@H]2O)c(C[19F])c1.Cc1ccccc1O[C@@H]1O[C@H](CO)[C@H](O)[C@H](O)[C@H]1O. The second kappa shape index (κ2) is 22.1. The molecule has 0 bridgehead atoms. The topological polar surface area (TPSA) is 246 Å². The van der Waals surface area contributed by atoms with Gasteiger partial charge in [-0.15, -0.1) is 0 Å². The lowest BCUT2D eigenvalue weighted by atomic mass is 9.99. The summed E-state index contributed by atoms with van der Waals surface area (Å²) in [6.45, 7) is 2.88.